The molecule has 0 saturated carbocycles. The second kappa shape index (κ2) is 6.42. The molecule has 0 atom stereocenters. The van der Waals surface area contributed by atoms with Crippen LogP contribution < -0.4 is 0 Å². The van der Waals surface area contributed by atoms with Gasteiger partial charge < -0.3 is 0 Å². The third-order valence-electron chi connectivity index (χ3n) is 2.72. The molecule has 0 spiro atoms. The Morgan fingerprint density at radius 3 is 2.00 bits per heavy atom. The van der Waals surface area contributed by atoms with E-state index in [9.17, 15) is 0 Å². The van der Waals surface area contributed by atoms with Crippen LogP contribution in [0.15, 0.2) is 21.5 Å². The van der Waals surface area contributed by atoms with Crippen LogP contribution >= 0.6 is 11.8 Å². The average Bonchev–Trinajstić information content (AvgIpc) is 2.14. The topological polar surface area (TPSA) is 0 Å². The van der Waals surface area contributed by atoms with Gasteiger partial charge in [-0.15, -0.1) is 0 Å². The SMILES string of the molecule is CC/C=C(/CC)S/C(C)=C(\C)C(C)(C)C. The van der Waals surface area contributed by atoms with Crippen LogP contribution in [0.1, 0.15) is 61.3 Å². The minimum absolute atomic E-state index is 0.294. The van der Waals surface area contributed by atoms with Gasteiger partial charge in [-0.3, -0.25) is 0 Å². The highest BCUT2D eigenvalue weighted by Crippen LogP contribution is 2.36. The standard InChI is InChI=1S/C14H26S/c1-8-10-13(9-2)15-12(4)11(3)14(5,6)7/h10H,8-9H2,1-7H3/b12-11+,13-10-. The van der Waals surface area contributed by atoms with Gasteiger partial charge in [0.05, 0.1) is 0 Å². The Morgan fingerprint density at radius 2 is 1.67 bits per heavy atom. The molecule has 0 aromatic carbocycles. The first-order valence-electron chi connectivity index (χ1n) is 5.87. The maximum absolute atomic E-state index is 2.34. The summed E-state index contributed by atoms with van der Waals surface area (Å²) in [5.41, 5.74) is 1.80. The van der Waals surface area contributed by atoms with E-state index in [2.05, 4.69) is 54.5 Å². The maximum atomic E-state index is 2.34. The van der Waals surface area contributed by atoms with E-state index in [0.29, 0.717) is 5.41 Å². The Hall–Kier alpha value is -0.170. The zero-order valence-corrected chi connectivity index (χ0v) is 12.2. The van der Waals surface area contributed by atoms with Crippen molar-refractivity contribution in [2.75, 3.05) is 0 Å². The number of rotatable bonds is 4. The number of thioether (sulfide) groups is 1. The largest absolute Gasteiger partial charge is 0.0997 e. The summed E-state index contributed by atoms with van der Waals surface area (Å²) in [4.78, 5) is 2.96. The van der Waals surface area contributed by atoms with Crippen LogP contribution in [-0.4, -0.2) is 0 Å². The fraction of sp³-hybridized carbons (Fsp3) is 0.714. The van der Waals surface area contributed by atoms with Gasteiger partial charge in [-0.25, -0.2) is 0 Å². The van der Waals surface area contributed by atoms with Gasteiger partial charge in [0.1, 0.15) is 0 Å². The Labute approximate surface area is 100 Å². The molecule has 0 aliphatic heterocycles. The van der Waals surface area contributed by atoms with Crippen molar-refractivity contribution in [3.63, 3.8) is 0 Å². The molecule has 0 radical (unpaired) electrons. The van der Waals surface area contributed by atoms with Crippen molar-refractivity contribution in [1.82, 2.24) is 0 Å². The molecule has 1 heteroatoms. The summed E-state index contributed by atoms with van der Waals surface area (Å²) in [7, 11) is 0. The van der Waals surface area contributed by atoms with E-state index in [1.165, 1.54) is 15.4 Å². The molecule has 0 bridgehead atoms. The first kappa shape index (κ1) is 14.8. The third kappa shape index (κ3) is 5.46. The zero-order valence-electron chi connectivity index (χ0n) is 11.4. The molecule has 0 aromatic rings. The van der Waals surface area contributed by atoms with Crippen molar-refractivity contribution in [3.8, 4) is 0 Å². The highest BCUT2D eigenvalue weighted by Gasteiger charge is 2.15. The van der Waals surface area contributed by atoms with E-state index in [1.807, 2.05) is 11.8 Å². The van der Waals surface area contributed by atoms with Gasteiger partial charge in [0.15, 0.2) is 0 Å². The van der Waals surface area contributed by atoms with Crippen molar-refractivity contribution in [3.05, 3.63) is 21.5 Å². The molecule has 0 rings (SSSR count). The number of hydrogen-bond donors (Lipinski definition) is 0. The lowest BCUT2D eigenvalue weighted by Crippen LogP contribution is -2.07. The molecular weight excluding hydrogens is 200 g/mol. The van der Waals surface area contributed by atoms with E-state index < -0.39 is 0 Å². The minimum atomic E-state index is 0.294. The lowest BCUT2D eigenvalue weighted by atomic mass is 9.87. The van der Waals surface area contributed by atoms with Gasteiger partial charge in [0, 0.05) is 0 Å². The van der Waals surface area contributed by atoms with E-state index in [1.54, 1.807) is 0 Å². The van der Waals surface area contributed by atoms with Crippen molar-refractivity contribution in [1.29, 1.82) is 0 Å². The lowest BCUT2D eigenvalue weighted by Gasteiger charge is -2.22. The fourth-order valence-corrected chi connectivity index (χ4v) is 2.53. The molecule has 88 valence electrons. The van der Waals surface area contributed by atoms with Crippen molar-refractivity contribution in [2.45, 2.75) is 61.3 Å². The Balaban J connectivity index is 4.73. The third-order valence-corrected chi connectivity index (χ3v) is 4.05. The molecule has 0 unspecified atom stereocenters. The van der Waals surface area contributed by atoms with Crippen LogP contribution in [0, 0.1) is 5.41 Å². The van der Waals surface area contributed by atoms with Crippen LogP contribution in [0.25, 0.3) is 0 Å². The van der Waals surface area contributed by atoms with Gasteiger partial charge in [-0.2, -0.15) is 0 Å². The van der Waals surface area contributed by atoms with Gasteiger partial charge in [-0.1, -0.05) is 58.0 Å². The molecule has 0 nitrogen and oxygen atoms in total. The quantitative estimate of drug-likeness (QED) is 0.587. The molecule has 15 heavy (non-hydrogen) atoms. The summed E-state index contributed by atoms with van der Waals surface area (Å²) in [6.07, 6.45) is 4.62. The van der Waals surface area contributed by atoms with Gasteiger partial charge in [-0.05, 0) is 41.9 Å². The summed E-state index contributed by atoms with van der Waals surface area (Å²) in [5.74, 6) is 0. The molecule has 0 fully saturated rings. The first-order chi connectivity index (χ1) is 6.82. The van der Waals surface area contributed by atoms with E-state index in [0.717, 1.165) is 12.8 Å². The predicted octanol–water partition coefficient (Wildman–Crippen LogP) is 5.76. The Bertz CT molecular complexity index is 251. The number of allylic oxidation sites excluding steroid dienone is 4. The Kier molecular flexibility index (Phi) is 6.35. The molecule has 0 heterocycles. The Morgan fingerprint density at radius 1 is 1.13 bits per heavy atom. The van der Waals surface area contributed by atoms with Crippen LogP contribution in [0.5, 0.6) is 0 Å². The molecule has 0 aliphatic carbocycles. The first-order valence-corrected chi connectivity index (χ1v) is 6.69. The van der Waals surface area contributed by atoms with E-state index in [4.69, 9.17) is 0 Å². The highest BCUT2D eigenvalue weighted by atomic mass is 32.2. The summed E-state index contributed by atoms with van der Waals surface area (Å²) in [6, 6.07) is 0. The molecule has 0 aromatic heterocycles. The number of hydrogen-bond acceptors (Lipinski definition) is 1. The smallest absolute Gasteiger partial charge is 0.0142 e. The molecule has 0 aliphatic rings. The van der Waals surface area contributed by atoms with Crippen LogP contribution in [0.4, 0.5) is 0 Å². The lowest BCUT2D eigenvalue weighted by molar-refractivity contribution is 0.502. The molecule has 0 amide bonds. The molecule has 0 N–H and O–H groups in total. The van der Waals surface area contributed by atoms with Gasteiger partial charge in [0.25, 0.3) is 0 Å². The van der Waals surface area contributed by atoms with Crippen LogP contribution in [0.2, 0.25) is 0 Å². The van der Waals surface area contributed by atoms with Crippen LogP contribution in [-0.2, 0) is 0 Å². The zero-order chi connectivity index (χ0) is 12.1. The van der Waals surface area contributed by atoms with Crippen LogP contribution in [0.3, 0.4) is 0 Å². The summed E-state index contributed by atoms with van der Waals surface area (Å²) >= 11 is 1.94. The maximum Gasteiger partial charge on any atom is -0.0142 e. The second-order valence-corrected chi connectivity index (χ2v) is 6.31. The van der Waals surface area contributed by atoms with Crippen molar-refractivity contribution >= 4 is 11.8 Å². The normalized spacial score (nSPS) is 15.3. The average molecular weight is 226 g/mol. The van der Waals surface area contributed by atoms with Gasteiger partial charge in [0.2, 0.25) is 0 Å². The van der Waals surface area contributed by atoms with Gasteiger partial charge >= 0.3 is 0 Å². The van der Waals surface area contributed by atoms with Crippen molar-refractivity contribution < 1.29 is 0 Å². The minimum Gasteiger partial charge on any atom is -0.0997 e. The monoisotopic (exact) mass is 226 g/mol. The van der Waals surface area contributed by atoms with E-state index >= 15 is 0 Å². The van der Waals surface area contributed by atoms with Crippen molar-refractivity contribution in [2.24, 2.45) is 5.41 Å². The highest BCUT2D eigenvalue weighted by molar-refractivity contribution is 8.06. The summed E-state index contributed by atoms with van der Waals surface area (Å²) < 4.78 is 0. The molecular formula is C14H26S. The predicted molar refractivity (Wildman–Crippen MR) is 74.1 cm³/mol. The fourth-order valence-electron chi connectivity index (χ4n) is 1.29. The molecule has 0 saturated heterocycles. The summed E-state index contributed by atoms with van der Waals surface area (Å²) in [6.45, 7) is 15.8. The van der Waals surface area contributed by atoms with E-state index in [-0.39, 0.29) is 0 Å². The second-order valence-electron chi connectivity index (χ2n) is 4.97. The summed E-state index contributed by atoms with van der Waals surface area (Å²) in [5, 5.41) is 0.